The number of imide groups is 1. The number of hydrogen-bond donors (Lipinski definition) is 0. The van der Waals surface area contributed by atoms with Crippen molar-refractivity contribution in [1.82, 2.24) is 4.90 Å². The van der Waals surface area contributed by atoms with Crippen molar-refractivity contribution in [1.29, 1.82) is 0 Å². The van der Waals surface area contributed by atoms with Crippen LogP contribution in [-0.4, -0.2) is 33.8 Å². The van der Waals surface area contributed by atoms with Crippen LogP contribution >= 0.6 is 0 Å². The van der Waals surface area contributed by atoms with Crippen LogP contribution in [0, 0.1) is 10.1 Å². The molecule has 0 N–H and O–H groups in total. The van der Waals surface area contributed by atoms with Gasteiger partial charge in [-0.2, -0.15) is 13.2 Å². The Balaban J connectivity index is 2.57. The maximum absolute atomic E-state index is 13.1. The lowest BCUT2D eigenvalue weighted by Gasteiger charge is -2.27. The van der Waals surface area contributed by atoms with E-state index in [0.29, 0.717) is 23.5 Å². The molecular weight excluding hydrogens is 343 g/mol. The summed E-state index contributed by atoms with van der Waals surface area (Å²) in [6.07, 6.45) is -4.44. The smallest absolute Gasteiger partial charge is 0.310 e. The molecule has 1 aromatic rings. The Bertz CT molecular complexity index is 746. The van der Waals surface area contributed by atoms with Gasteiger partial charge in [0.25, 0.3) is 11.6 Å². The van der Waals surface area contributed by atoms with Crippen LogP contribution in [0.3, 0.4) is 0 Å². The van der Waals surface area contributed by atoms with Crippen LogP contribution in [0.4, 0.5) is 29.3 Å². The van der Waals surface area contributed by atoms with Gasteiger partial charge in [0.2, 0.25) is 0 Å². The summed E-state index contributed by atoms with van der Waals surface area (Å²) in [4.78, 5) is 36.6. The van der Waals surface area contributed by atoms with E-state index in [-0.39, 0.29) is 12.2 Å². The molecule has 0 bridgehead atoms. The van der Waals surface area contributed by atoms with Gasteiger partial charge in [-0.15, -0.1) is 0 Å². The zero-order valence-electron chi connectivity index (χ0n) is 13.8. The van der Waals surface area contributed by atoms with Crippen molar-refractivity contribution in [3.05, 3.63) is 33.9 Å². The predicted molar refractivity (Wildman–Crippen MR) is 82.1 cm³/mol. The summed E-state index contributed by atoms with van der Waals surface area (Å²) >= 11 is 0. The molecule has 3 amide bonds. The van der Waals surface area contributed by atoms with Gasteiger partial charge in [0, 0.05) is 12.6 Å². The molecule has 0 atom stereocenters. The fraction of sp³-hybridized carbons (Fsp3) is 0.467. The van der Waals surface area contributed by atoms with Gasteiger partial charge in [-0.05, 0) is 32.4 Å². The number of alkyl halides is 3. The minimum atomic E-state index is -5.00. The topological polar surface area (TPSA) is 83.8 Å². The van der Waals surface area contributed by atoms with Gasteiger partial charge >= 0.3 is 12.2 Å². The lowest BCUT2D eigenvalue weighted by molar-refractivity contribution is -0.388. The Hall–Kier alpha value is -2.65. The third kappa shape index (κ3) is 3.03. The number of hydrogen-bond acceptors (Lipinski definition) is 4. The molecule has 1 heterocycles. The number of nitro benzene ring substituents is 1. The van der Waals surface area contributed by atoms with E-state index in [0.717, 1.165) is 6.07 Å². The Morgan fingerprint density at radius 1 is 1.24 bits per heavy atom. The highest BCUT2D eigenvalue weighted by Gasteiger charge is 2.52. The highest BCUT2D eigenvalue weighted by Crippen LogP contribution is 2.40. The molecule has 10 heteroatoms. The second kappa shape index (κ2) is 6.01. The molecule has 25 heavy (non-hydrogen) atoms. The molecule has 2 rings (SSSR count). The predicted octanol–water partition coefficient (Wildman–Crippen LogP) is 3.57. The molecule has 136 valence electrons. The van der Waals surface area contributed by atoms with Crippen molar-refractivity contribution < 1.29 is 27.7 Å². The third-order valence-electron chi connectivity index (χ3n) is 4.01. The maximum Gasteiger partial charge on any atom is 0.423 e. The summed E-state index contributed by atoms with van der Waals surface area (Å²) in [5.74, 6) is -0.687. The van der Waals surface area contributed by atoms with Crippen LogP contribution in [-0.2, 0) is 11.0 Å². The molecule has 7 nitrogen and oxygen atoms in total. The zero-order valence-corrected chi connectivity index (χ0v) is 13.8. The molecule has 1 aromatic carbocycles. The lowest BCUT2D eigenvalue weighted by atomic mass is 10.0. The van der Waals surface area contributed by atoms with Crippen LogP contribution < -0.4 is 4.90 Å². The molecule has 0 radical (unpaired) electrons. The van der Waals surface area contributed by atoms with E-state index >= 15 is 0 Å². The minimum absolute atomic E-state index is 0.257. The van der Waals surface area contributed by atoms with E-state index in [2.05, 4.69) is 0 Å². The number of nitrogens with zero attached hydrogens (tertiary/aromatic N) is 3. The molecule has 1 saturated heterocycles. The molecule has 1 fully saturated rings. The van der Waals surface area contributed by atoms with E-state index in [9.17, 15) is 32.9 Å². The second-order valence-corrected chi connectivity index (χ2v) is 6.09. The van der Waals surface area contributed by atoms with Crippen molar-refractivity contribution in [2.24, 2.45) is 0 Å². The van der Waals surface area contributed by atoms with Crippen LogP contribution in [0.25, 0.3) is 0 Å². The average molecular weight is 359 g/mol. The maximum atomic E-state index is 13.1. The van der Waals surface area contributed by atoms with Crippen molar-refractivity contribution in [2.75, 3.05) is 11.4 Å². The average Bonchev–Trinajstić information content (AvgIpc) is 2.66. The van der Waals surface area contributed by atoms with Crippen molar-refractivity contribution in [2.45, 2.75) is 38.9 Å². The number of urea groups is 1. The van der Waals surface area contributed by atoms with Gasteiger partial charge < -0.3 is 4.90 Å². The van der Waals surface area contributed by atoms with E-state index in [4.69, 9.17) is 0 Å². The van der Waals surface area contributed by atoms with Gasteiger partial charge in [0.15, 0.2) is 0 Å². The quantitative estimate of drug-likeness (QED) is 0.467. The van der Waals surface area contributed by atoms with Crippen LogP contribution in [0.5, 0.6) is 0 Å². The number of rotatable bonds is 4. The molecule has 0 spiro atoms. The van der Waals surface area contributed by atoms with Gasteiger partial charge in [-0.1, -0.05) is 6.92 Å². The summed E-state index contributed by atoms with van der Waals surface area (Å²) in [6, 6.07) is 1.32. The molecule has 0 aliphatic carbocycles. The third-order valence-corrected chi connectivity index (χ3v) is 4.01. The monoisotopic (exact) mass is 359 g/mol. The Kier molecular flexibility index (Phi) is 4.49. The molecule has 1 aliphatic rings. The van der Waals surface area contributed by atoms with Crippen LogP contribution in [0.2, 0.25) is 0 Å². The number of halogens is 3. The largest absolute Gasteiger partial charge is 0.423 e. The molecule has 1 aliphatic heterocycles. The van der Waals surface area contributed by atoms with Gasteiger partial charge in [-0.3, -0.25) is 14.9 Å². The molecule has 0 saturated carbocycles. The normalized spacial score (nSPS) is 17.4. The SMILES string of the molecule is CCCN1C(=O)N(c2ccc([N+](=O)[O-])c(C(F)(F)F)c2)C(=O)C1(C)C. The van der Waals surface area contributed by atoms with Gasteiger partial charge in [-0.25, -0.2) is 9.69 Å². The highest BCUT2D eigenvalue weighted by atomic mass is 19.4. The standard InChI is InChI=1S/C15H16F3N3O4/c1-4-7-19-13(23)20(12(22)14(19,2)3)9-5-6-11(21(24)25)10(8-9)15(16,17)18/h5-6,8H,4,7H2,1-3H3. The van der Waals surface area contributed by atoms with Crippen molar-refractivity contribution in [3.63, 3.8) is 0 Å². The number of amides is 3. The summed E-state index contributed by atoms with van der Waals surface area (Å²) in [7, 11) is 0. The first-order chi connectivity index (χ1) is 11.4. The summed E-state index contributed by atoms with van der Waals surface area (Å²) < 4.78 is 39.3. The summed E-state index contributed by atoms with van der Waals surface area (Å²) in [5, 5.41) is 10.8. The number of carbonyl (C=O) groups excluding carboxylic acids is 2. The number of benzene rings is 1. The Morgan fingerprint density at radius 2 is 1.84 bits per heavy atom. The summed E-state index contributed by atoms with van der Waals surface area (Å²) in [5.41, 5.74) is -4.21. The highest BCUT2D eigenvalue weighted by molar-refractivity contribution is 6.23. The van der Waals surface area contributed by atoms with Gasteiger partial charge in [0.1, 0.15) is 11.1 Å². The fourth-order valence-electron chi connectivity index (χ4n) is 2.71. The van der Waals surface area contributed by atoms with E-state index < -0.39 is 39.8 Å². The van der Waals surface area contributed by atoms with Crippen LogP contribution in [0.1, 0.15) is 32.8 Å². The lowest BCUT2D eigenvalue weighted by Crippen LogP contribution is -2.44. The van der Waals surface area contributed by atoms with Crippen LogP contribution in [0.15, 0.2) is 18.2 Å². The van der Waals surface area contributed by atoms with E-state index in [1.165, 1.54) is 18.7 Å². The zero-order chi connectivity index (χ0) is 19.2. The molecule has 0 aromatic heterocycles. The van der Waals surface area contributed by atoms with Gasteiger partial charge in [0.05, 0.1) is 10.6 Å². The first kappa shape index (κ1) is 18.7. The first-order valence-electron chi connectivity index (χ1n) is 7.44. The molecular formula is C15H16F3N3O4. The van der Waals surface area contributed by atoms with E-state index in [1.807, 2.05) is 0 Å². The second-order valence-electron chi connectivity index (χ2n) is 6.09. The molecule has 0 unspecified atom stereocenters. The number of anilines is 1. The summed E-state index contributed by atoms with van der Waals surface area (Å²) in [6.45, 7) is 5.05. The minimum Gasteiger partial charge on any atom is -0.310 e. The Morgan fingerprint density at radius 3 is 2.32 bits per heavy atom. The fourth-order valence-corrected chi connectivity index (χ4v) is 2.71. The van der Waals surface area contributed by atoms with E-state index in [1.54, 1.807) is 6.92 Å². The van der Waals surface area contributed by atoms with Crippen molar-refractivity contribution >= 4 is 23.3 Å². The first-order valence-corrected chi connectivity index (χ1v) is 7.44. The number of carbonyl (C=O) groups is 2. The Labute approximate surface area is 141 Å². The van der Waals surface area contributed by atoms with Crippen molar-refractivity contribution in [3.8, 4) is 0 Å². The number of nitro groups is 1.